The lowest BCUT2D eigenvalue weighted by molar-refractivity contribution is -0.145. The van der Waals surface area contributed by atoms with E-state index < -0.39 is 6.04 Å². The van der Waals surface area contributed by atoms with Crippen LogP contribution in [0, 0.1) is 0 Å². The molecule has 0 saturated heterocycles. The van der Waals surface area contributed by atoms with E-state index in [0.717, 1.165) is 12.8 Å². The van der Waals surface area contributed by atoms with Crippen LogP contribution >= 0.6 is 12.6 Å². The van der Waals surface area contributed by atoms with Gasteiger partial charge in [0.1, 0.15) is 6.04 Å². The highest BCUT2D eigenvalue weighted by Crippen LogP contribution is 2.10. The highest BCUT2D eigenvalue weighted by Gasteiger charge is 2.13. The molecule has 3 nitrogen and oxygen atoms in total. The van der Waals surface area contributed by atoms with Crippen molar-refractivity contribution in [2.45, 2.75) is 83.6 Å². The Morgan fingerprint density at radius 3 is 2.00 bits per heavy atom. The molecule has 0 aromatic carbocycles. The van der Waals surface area contributed by atoms with Crippen molar-refractivity contribution >= 4 is 18.6 Å². The molecule has 1 atom stereocenters. The molecule has 1 unspecified atom stereocenters. The summed E-state index contributed by atoms with van der Waals surface area (Å²) in [7, 11) is 0. The maximum atomic E-state index is 11.4. The summed E-state index contributed by atoms with van der Waals surface area (Å²) < 4.78 is 5.13. The summed E-state index contributed by atoms with van der Waals surface area (Å²) >= 11 is 4.05. The van der Waals surface area contributed by atoms with E-state index in [2.05, 4.69) is 19.6 Å². The lowest BCUT2D eigenvalue weighted by atomic mass is 10.1. The fourth-order valence-electron chi connectivity index (χ4n) is 2.13. The number of hydrogen-bond donors (Lipinski definition) is 2. The van der Waals surface area contributed by atoms with Crippen LogP contribution in [0.25, 0.3) is 0 Å². The molecule has 0 fully saturated rings. The maximum Gasteiger partial charge on any atom is 0.322 e. The van der Waals surface area contributed by atoms with Gasteiger partial charge < -0.3 is 10.5 Å². The zero-order valence-electron chi connectivity index (χ0n) is 13.1. The van der Waals surface area contributed by atoms with Crippen molar-refractivity contribution in [2.24, 2.45) is 5.73 Å². The van der Waals surface area contributed by atoms with Crippen LogP contribution in [-0.2, 0) is 9.53 Å². The molecule has 0 rings (SSSR count). The summed E-state index contributed by atoms with van der Waals surface area (Å²) in [6.07, 6.45) is 13.4. The van der Waals surface area contributed by atoms with Gasteiger partial charge in [0.2, 0.25) is 0 Å². The van der Waals surface area contributed by atoms with Gasteiger partial charge in [0.15, 0.2) is 0 Å². The average molecular weight is 304 g/mol. The predicted molar refractivity (Wildman–Crippen MR) is 89.2 cm³/mol. The Labute approximate surface area is 130 Å². The molecule has 0 saturated carbocycles. The smallest absolute Gasteiger partial charge is 0.322 e. The molecular weight excluding hydrogens is 270 g/mol. The van der Waals surface area contributed by atoms with Gasteiger partial charge in [-0.25, -0.2) is 0 Å². The second-order valence-electron chi connectivity index (χ2n) is 5.47. The van der Waals surface area contributed by atoms with Gasteiger partial charge in [0.05, 0.1) is 6.61 Å². The molecule has 0 aliphatic rings. The lowest BCUT2D eigenvalue weighted by Gasteiger charge is -2.10. The van der Waals surface area contributed by atoms with E-state index in [0.29, 0.717) is 18.8 Å². The van der Waals surface area contributed by atoms with Crippen LogP contribution in [0.2, 0.25) is 0 Å². The molecule has 0 aromatic heterocycles. The monoisotopic (exact) mass is 303 g/mol. The average Bonchev–Trinajstić information content (AvgIpc) is 2.44. The Morgan fingerprint density at radius 1 is 1.00 bits per heavy atom. The van der Waals surface area contributed by atoms with Gasteiger partial charge in [-0.3, -0.25) is 4.79 Å². The second kappa shape index (κ2) is 15.2. The number of esters is 1. The van der Waals surface area contributed by atoms with Gasteiger partial charge in [-0.2, -0.15) is 12.6 Å². The molecule has 0 spiro atoms. The van der Waals surface area contributed by atoms with Gasteiger partial charge >= 0.3 is 5.97 Å². The number of hydrogen-bond acceptors (Lipinski definition) is 4. The minimum Gasteiger partial charge on any atom is -0.465 e. The first kappa shape index (κ1) is 19.8. The minimum absolute atomic E-state index is 0.282. The number of unbranched alkanes of at least 4 members (excludes halogenated alkanes) is 9. The van der Waals surface area contributed by atoms with E-state index in [1.165, 1.54) is 51.4 Å². The molecule has 0 amide bonds. The van der Waals surface area contributed by atoms with Gasteiger partial charge in [0, 0.05) is 0 Å². The van der Waals surface area contributed by atoms with Crippen molar-refractivity contribution in [1.29, 1.82) is 0 Å². The van der Waals surface area contributed by atoms with Crippen molar-refractivity contribution in [3.05, 3.63) is 0 Å². The third kappa shape index (κ3) is 12.8. The van der Waals surface area contributed by atoms with E-state index in [-0.39, 0.29) is 5.97 Å². The van der Waals surface area contributed by atoms with Crippen molar-refractivity contribution in [2.75, 3.05) is 12.4 Å². The Bertz CT molecular complexity index is 225. The van der Waals surface area contributed by atoms with Gasteiger partial charge in [0.25, 0.3) is 0 Å². The second-order valence-corrected chi connectivity index (χ2v) is 5.92. The van der Waals surface area contributed by atoms with Gasteiger partial charge in [-0.1, -0.05) is 64.7 Å². The van der Waals surface area contributed by atoms with Crippen LogP contribution in [0.1, 0.15) is 77.6 Å². The van der Waals surface area contributed by atoms with Crippen molar-refractivity contribution < 1.29 is 9.53 Å². The number of nitrogens with two attached hydrogens (primary N) is 1. The summed E-state index contributed by atoms with van der Waals surface area (Å²) in [4.78, 5) is 11.4. The summed E-state index contributed by atoms with van der Waals surface area (Å²) in [6, 6.07) is -0.504. The van der Waals surface area contributed by atoms with Crippen LogP contribution in [0.5, 0.6) is 0 Å². The molecule has 0 heterocycles. The highest BCUT2D eigenvalue weighted by molar-refractivity contribution is 7.80. The number of carbonyl (C=O) groups excluding carboxylic acids is 1. The van der Waals surface area contributed by atoms with Crippen molar-refractivity contribution in [3.8, 4) is 0 Å². The first-order valence-electron chi connectivity index (χ1n) is 8.25. The molecule has 0 aliphatic carbocycles. The summed E-state index contributed by atoms with van der Waals surface area (Å²) in [6.45, 7) is 2.76. The van der Waals surface area contributed by atoms with E-state index >= 15 is 0 Å². The summed E-state index contributed by atoms with van der Waals surface area (Å²) in [5, 5.41) is 0. The van der Waals surface area contributed by atoms with E-state index in [1.807, 2.05) is 0 Å². The molecular formula is C16H33NO2S. The number of rotatable bonds is 14. The maximum absolute atomic E-state index is 11.4. The number of ether oxygens (including phenoxy) is 1. The first-order chi connectivity index (χ1) is 9.72. The Balaban J connectivity index is 3.18. The SMILES string of the molecule is CCCCCCCCCCCCOC(=O)C(N)CCS. The molecule has 0 radical (unpaired) electrons. The summed E-state index contributed by atoms with van der Waals surface area (Å²) in [5.74, 6) is 0.337. The fraction of sp³-hybridized carbons (Fsp3) is 0.938. The van der Waals surface area contributed by atoms with Gasteiger partial charge in [-0.15, -0.1) is 0 Å². The zero-order valence-corrected chi connectivity index (χ0v) is 14.0. The third-order valence-corrected chi connectivity index (χ3v) is 3.74. The number of thiol groups is 1. The molecule has 20 heavy (non-hydrogen) atoms. The molecule has 4 heteroatoms. The molecule has 0 bridgehead atoms. The topological polar surface area (TPSA) is 52.3 Å². The van der Waals surface area contributed by atoms with Crippen LogP contribution in [0.3, 0.4) is 0 Å². The Kier molecular flexibility index (Phi) is 15.0. The van der Waals surface area contributed by atoms with E-state index in [1.54, 1.807) is 0 Å². The zero-order chi connectivity index (χ0) is 15.1. The van der Waals surface area contributed by atoms with Crippen molar-refractivity contribution in [1.82, 2.24) is 0 Å². The highest BCUT2D eigenvalue weighted by atomic mass is 32.1. The number of carbonyl (C=O) groups is 1. The standard InChI is InChI=1S/C16H33NO2S/c1-2-3-4-5-6-7-8-9-10-11-13-19-16(18)15(17)12-14-20/h15,20H,2-14,17H2,1H3. The minimum atomic E-state index is -0.504. The predicted octanol–water partition coefficient (Wildman–Crippen LogP) is 4.10. The third-order valence-electron chi connectivity index (χ3n) is 3.49. The molecule has 0 aliphatic heterocycles. The lowest BCUT2D eigenvalue weighted by Crippen LogP contribution is -2.32. The van der Waals surface area contributed by atoms with Gasteiger partial charge in [-0.05, 0) is 18.6 Å². The van der Waals surface area contributed by atoms with Crippen LogP contribution in [0.15, 0.2) is 0 Å². The quantitative estimate of drug-likeness (QED) is 0.288. The molecule has 0 aromatic rings. The largest absolute Gasteiger partial charge is 0.465 e. The van der Waals surface area contributed by atoms with Crippen LogP contribution in [-0.4, -0.2) is 24.4 Å². The Hall–Kier alpha value is -0.220. The summed E-state index contributed by atoms with van der Waals surface area (Å²) in [5.41, 5.74) is 5.63. The first-order valence-corrected chi connectivity index (χ1v) is 8.88. The fourth-order valence-corrected chi connectivity index (χ4v) is 2.40. The van der Waals surface area contributed by atoms with E-state index in [4.69, 9.17) is 10.5 Å². The molecule has 120 valence electrons. The van der Waals surface area contributed by atoms with Crippen LogP contribution in [0.4, 0.5) is 0 Å². The normalized spacial score (nSPS) is 12.3. The Morgan fingerprint density at radius 2 is 1.50 bits per heavy atom. The van der Waals surface area contributed by atoms with E-state index in [9.17, 15) is 4.79 Å². The molecule has 2 N–H and O–H groups in total. The van der Waals surface area contributed by atoms with Crippen molar-refractivity contribution in [3.63, 3.8) is 0 Å². The van der Waals surface area contributed by atoms with Crippen LogP contribution < -0.4 is 5.73 Å².